The molecule has 0 aliphatic carbocycles. The van der Waals surface area contributed by atoms with E-state index in [0.717, 1.165) is 25.4 Å². The van der Waals surface area contributed by atoms with Crippen LogP contribution >= 0.6 is 0 Å². The standard InChI is InChI=1S/C17H25N5O2/c1-21-9-10-24-15(17(21)14-7-8-19-22(14)2)12-18-11-13-5-4-6-16(20-13)23-3/h4-8,15,17-18H,9-12H2,1-3H3/t15-,17-/m0/s1. The largest absolute Gasteiger partial charge is 0.481 e. The van der Waals surface area contributed by atoms with Gasteiger partial charge in [0.05, 0.1) is 37.3 Å². The molecule has 0 bridgehead atoms. The van der Waals surface area contributed by atoms with E-state index in [1.54, 1.807) is 7.11 Å². The highest BCUT2D eigenvalue weighted by Gasteiger charge is 2.33. The molecule has 0 radical (unpaired) electrons. The Balaban J connectivity index is 1.63. The second-order valence-electron chi connectivity index (χ2n) is 6.02. The molecular weight excluding hydrogens is 306 g/mol. The molecule has 0 spiro atoms. The molecule has 0 aromatic carbocycles. The molecule has 2 aromatic heterocycles. The predicted molar refractivity (Wildman–Crippen MR) is 90.8 cm³/mol. The van der Waals surface area contributed by atoms with Crippen molar-refractivity contribution in [3.63, 3.8) is 0 Å². The Morgan fingerprint density at radius 2 is 2.21 bits per heavy atom. The van der Waals surface area contributed by atoms with E-state index in [2.05, 4.69) is 33.4 Å². The van der Waals surface area contributed by atoms with E-state index < -0.39 is 0 Å². The normalized spacial score (nSPS) is 21.8. The van der Waals surface area contributed by atoms with Gasteiger partial charge in [-0.1, -0.05) is 6.07 Å². The first-order valence-electron chi connectivity index (χ1n) is 8.19. The molecule has 7 nitrogen and oxygen atoms in total. The summed E-state index contributed by atoms with van der Waals surface area (Å²) >= 11 is 0. The van der Waals surface area contributed by atoms with Crippen LogP contribution < -0.4 is 10.1 Å². The number of morpholine rings is 1. The predicted octanol–water partition coefficient (Wildman–Crippen LogP) is 0.985. The Bertz CT molecular complexity index is 660. The highest BCUT2D eigenvalue weighted by molar-refractivity contribution is 5.15. The molecule has 1 N–H and O–H groups in total. The van der Waals surface area contributed by atoms with Crippen LogP contribution in [0, 0.1) is 0 Å². The number of hydrogen-bond acceptors (Lipinski definition) is 6. The van der Waals surface area contributed by atoms with Crippen molar-refractivity contribution < 1.29 is 9.47 Å². The third kappa shape index (κ3) is 3.75. The maximum absolute atomic E-state index is 6.03. The molecule has 3 rings (SSSR count). The van der Waals surface area contributed by atoms with E-state index in [0.29, 0.717) is 12.4 Å². The third-order valence-electron chi connectivity index (χ3n) is 4.41. The van der Waals surface area contributed by atoms with Gasteiger partial charge in [0.1, 0.15) is 0 Å². The van der Waals surface area contributed by atoms with E-state index in [9.17, 15) is 0 Å². The quantitative estimate of drug-likeness (QED) is 0.851. The molecule has 0 saturated carbocycles. The average molecular weight is 331 g/mol. The van der Waals surface area contributed by atoms with Crippen molar-refractivity contribution in [1.82, 2.24) is 25.0 Å². The molecule has 2 atom stereocenters. The minimum absolute atomic E-state index is 0.0738. The maximum Gasteiger partial charge on any atom is 0.213 e. The monoisotopic (exact) mass is 331 g/mol. The van der Waals surface area contributed by atoms with Crippen molar-refractivity contribution in [3.05, 3.63) is 41.9 Å². The smallest absolute Gasteiger partial charge is 0.213 e. The lowest BCUT2D eigenvalue weighted by Crippen LogP contribution is -2.48. The fourth-order valence-electron chi connectivity index (χ4n) is 3.14. The molecule has 1 aliphatic rings. The van der Waals surface area contributed by atoms with Crippen LogP contribution in [0.1, 0.15) is 17.4 Å². The van der Waals surface area contributed by atoms with Crippen LogP contribution in [0.4, 0.5) is 0 Å². The average Bonchev–Trinajstić information content (AvgIpc) is 3.01. The van der Waals surface area contributed by atoms with Gasteiger partial charge in [0.2, 0.25) is 5.88 Å². The minimum atomic E-state index is 0.0738. The summed E-state index contributed by atoms with van der Waals surface area (Å²) in [4.78, 5) is 6.75. The zero-order valence-electron chi connectivity index (χ0n) is 14.5. The van der Waals surface area contributed by atoms with E-state index >= 15 is 0 Å². The topological polar surface area (TPSA) is 64.4 Å². The van der Waals surface area contributed by atoms with Gasteiger partial charge < -0.3 is 14.8 Å². The van der Waals surface area contributed by atoms with Crippen LogP contribution in [0.15, 0.2) is 30.5 Å². The molecule has 24 heavy (non-hydrogen) atoms. The highest BCUT2D eigenvalue weighted by Crippen LogP contribution is 2.27. The fraction of sp³-hybridized carbons (Fsp3) is 0.529. The van der Waals surface area contributed by atoms with Gasteiger partial charge in [-0.25, -0.2) is 4.98 Å². The zero-order chi connectivity index (χ0) is 16.9. The summed E-state index contributed by atoms with van der Waals surface area (Å²) in [5.41, 5.74) is 2.12. The van der Waals surface area contributed by atoms with Gasteiger partial charge in [0.25, 0.3) is 0 Å². The number of aryl methyl sites for hydroxylation is 1. The summed E-state index contributed by atoms with van der Waals surface area (Å²) in [6, 6.07) is 8.04. The molecular formula is C17H25N5O2. The molecule has 1 fully saturated rings. The summed E-state index contributed by atoms with van der Waals surface area (Å²) in [5.74, 6) is 0.635. The van der Waals surface area contributed by atoms with E-state index in [-0.39, 0.29) is 12.1 Å². The van der Waals surface area contributed by atoms with Crippen LogP contribution in [0.2, 0.25) is 0 Å². The molecule has 1 saturated heterocycles. The zero-order valence-corrected chi connectivity index (χ0v) is 14.5. The number of nitrogens with zero attached hydrogens (tertiary/aromatic N) is 4. The van der Waals surface area contributed by atoms with Gasteiger partial charge in [-0.05, 0) is 19.2 Å². The number of aromatic nitrogens is 3. The summed E-state index contributed by atoms with van der Waals surface area (Å²) < 4.78 is 13.1. The summed E-state index contributed by atoms with van der Waals surface area (Å²) in [5, 5.41) is 7.75. The lowest BCUT2D eigenvalue weighted by atomic mass is 10.0. The second kappa shape index (κ2) is 7.74. The SMILES string of the molecule is COc1cccc(CNC[C@@H]2OCCN(C)[C@H]2c2ccnn2C)n1. The van der Waals surface area contributed by atoms with Crippen molar-refractivity contribution >= 4 is 0 Å². The van der Waals surface area contributed by atoms with Crippen LogP contribution in [0.3, 0.4) is 0 Å². The lowest BCUT2D eigenvalue weighted by molar-refractivity contribution is -0.0639. The van der Waals surface area contributed by atoms with Crippen molar-refractivity contribution in [2.75, 3.05) is 33.9 Å². The van der Waals surface area contributed by atoms with Gasteiger partial charge in [0.15, 0.2) is 0 Å². The number of methoxy groups -OCH3 is 1. The van der Waals surface area contributed by atoms with E-state index in [1.165, 1.54) is 5.69 Å². The Hall–Kier alpha value is -1.96. The number of likely N-dealkylation sites (N-methyl/N-ethyl adjacent to an activating group) is 1. The van der Waals surface area contributed by atoms with Gasteiger partial charge in [0, 0.05) is 38.9 Å². The molecule has 7 heteroatoms. The third-order valence-corrected chi connectivity index (χ3v) is 4.41. The number of nitrogens with one attached hydrogen (secondary N) is 1. The maximum atomic E-state index is 6.03. The molecule has 2 aromatic rings. The van der Waals surface area contributed by atoms with E-state index in [1.807, 2.05) is 36.1 Å². The Kier molecular flexibility index (Phi) is 5.44. The van der Waals surface area contributed by atoms with Crippen LogP contribution in [0.25, 0.3) is 0 Å². The summed E-state index contributed by atoms with van der Waals surface area (Å²) in [7, 11) is 5.74. The van der Waals surface area contributed by atoms with Crippen LogP contribution in [-0.2, 0) is 18.3 Å². The fourth-order valence-corrected chi connectivity index (χ4v) is 3.14. The van der Waals surface area contributed by atoms with Gasteiger partial charge in [-0.2, -0.15) is 5.10 Å². The number of ether oxygens (including phenoxy) is 2. The summed E-state index contributed by atoms with van der Waals surface area (Å²) in [6.07, 6.45) is 1.91. The molecule has 130 valence electrons. The lowest BCUT2D eigenvalue weighted by Gasteiger charge is -2.39. The molecule has 3 heterocycles. The summed E-state index contributed by atoms with van der Waals surface area (Å²) in [6.45, 7) is 3.09. The van der Waals surface area contributed by atoms with Crippen molar-refractivity contribution in [2.45, 2.75) is 18.7 Å². The molecule has 0 amide bonds. The number of rotatable bonds is 6. The number of pyridine rings is 1. The minimum Gasteiger partial charge on any atom is -0.481 e. The Morgan fingerprint density at radius 3 is 2.96 bits per heavy atom. The van der Waals surface area contributed by atoms with Crippen LogP contribution in [-0.4, -0.2) is 59.6 Å². The Morgan fingerprint density at radius 1 is 1.33 bits per heavy atom. The second-order valence-corrected chi connectivity index (χ2v) is 6.02. The first-order valence-corrected chi connectivity index (χ1v) is 8.19. The Labute approximate surface area is 142 Å². The van der Waals surface area contributed by atoms with E-state index in [4.69, 9.17) is 9.47 Å². The van der Waals surface area contributed by atoms with Gasteiger partial charge >= 0.3 is 0 Å². The number of hydrogen-bond donors (Lipinski definition) is 1. The van der Waals surface area contributed by atoms with Crippen molar-refractivity contribution in [3.8, 4) is 5.88 Å². The van der Waals surface area contributed by atoms with Gasteiger partial charge in [-0.15, -0.1) is 0 Å². The van der Waals surface area contributed by atoms with Crippen molar-refractivity contribution in [2.24, 2.45) is 7.05 Å². The molecule has 1 aliphatic heterocycles. The molecule has 0 unspecified atom stereocenters. The first-order chi connectivity index (χ1) is 11.7. The first kappa shape index (κ1) is 16.9. The highest BCUT2D eigenvalue weighted by atomic mass is 16.5. The van der Waals surface area contributed by atoms with Gasteiger partial charge in [-0.3, -0.25) is 9.58 Å². The van der Waals surface area contributed by atoms with Crippen molar-refractivity contribution in [1.29, 1.82) is 0 Å². The van der Waals surface area contributed by atoms with Crippen LogP contribution in [0.5, 0.6) is 5.88 Å².